The SMILES string of the molecule is c1ccc(-c2nccc(-c3ccc(-c4cc5ccccc5c5ccccc45)cc3)n2)cc1. The van der Waals surface area contributed by atoms with Crippen molar-refractivity contribution in [2.24, 2.45) is 0 Å². The average molecular weight is 409 g/mol. The normalized spacial score (nSPS) is 11.1. The number of benzene rings is 5. The average Bonchev–Trinajstić information content (AvgIpc) is 2.89. The van der Waals surface area contributed by atoms with E-state index in [2.05, 4.69) is 83.8 Å². The highest BCUT2D eigenvalue weighted by molar-refractivity contribution is 6.13. The molecule has 0 amide bonds. The molecule has 0 aliphatic heterocycles. The fourth-order valence-electron chi connectivity index (χ4n) is 4.36. The summed E-state index contributed by atoms with van der Waals surface area (Å²) >= 11 is 0. The van der Waals surface area contributed by atoms with Gasteiger partial charge in [-0.1, -0.05) is 103 Å². The molecular weight excluding hydrogens is 388 g/mol. The van der Waals surface area contributed by atoms with Crippen molar-refractivity contribution >= 4 is 21.5 Å². The number of nitrogens with zero attached hydrogens (tertiary/aromatic N) is 2. The van der Waals surface area contributed by atoms with Gasteiger partial charge >= 0.3 is 0 Å². The Morgan fingerprint density at radius 1 is 0.469 bits per heavy atom. The zero-order chi connectivity index (χ0) is 21.3. The molecule has 0 aliphatic rings. The van der Waals surface area contributed by atoms with Crippen LogP contribution in [-0.4, -0.2) is 9.97 Å². The Morgan fingerprint density at radius 3 is 1.94 bits per heavy atom. The van der Waals surface area contributed by atoms with Gasteiger partial charge < -0.3 is 0 Å². The lowest BCUT2D eigenvalue weighted by Gasteiger charge is -2.12. The molecule has 0 fully saturated rings. The first-order valence-corrected chi connectivity index (χ1v) is 10.8. The van der Waals surface area contributed by atoms with Crippen LogP contribution in [0.15, 0.2) is 121 Å². The van der Waals surface area contributed by atoms with Crippen molar-refractivity contribution in [3.8, 4) is 33.8 Å². The molecule has 0 unspecified atom stereocenters. The molecule has 0 saturated carbocycles. The fraction of sp³-hybridized carbons (Fsp3) is 0. The molecule has 32 heavy (non-hydrogen) atoms. The van der Waals surface area contributed by atoms with E-state index >= 15 is 0 Å². The first-order valence-electron chi connectivity index (χ1n) is 10.8. The van der Waals surface area contributed by atoms with Crippen LogP contribution in [0.4, 0.5) is 0 Å². The zero-order valence-corrected chi connectivity index (χ0v) is 17.4. The number of rotatable bonds is 3. The van der Waals surface area contributed by atoms with Crippen molar-refractivity contribution in [2.45, 2.75) is 0 Å². The van der Waals surface area contributed by atoms with E-state index in [1.165, 1.54) is 32.7 Å². The Hall–Kier alpha value is -4.30. The Kier molecular flexibility index (Phi) is 4.47. The summed E-state index contributed by atoms with van der Waals surface area (Å²) in [6.45, 7) is 0. The molecule has 5 aromatic carbocycles. The van der Waals surface area contributed by atoms with Gasteiger partial charge in [-0.3, -0.25) is 0 Å². The molecule has 1 heterocycles. The van der Waals surface area contributed by atoms with E-state index in [4.69, 9.17) is 4.98 Å². The van der Waals surface area contributed by atoms with E-state index in [9.17, 15) is 0 Å². The van der Waals surface area contributed by atoms with Crippen molar-refractivity contribution in [3.63, 3.8) is 0 Å². The monoisotopic (exact) mass is 408 g/mol. The predicted octanol–water partition coefficient (Wildman–Crippen LogP) is 7.78. The van der Waals surface area contributed by atoms with Crippen molar-refractivity contribution in [1.29, 1.82) is 0 Å². The topological polar surface area (TPSA) is 25.8 Å². The van der Waals surface area contributed by atoms with Gasteiger partial charge in [-0.05, 0) is 44.8 Å². The van der Waals surface area contributed by atoms with Gasteiger partial charge in [0.2, 0.25) is 0 Å². The number of hydrogen-bond donors (Lipinski definition) is 0. The molecule has 1 aromatic heterocycles. The van der Waals surface area contributed by atoms with Crippen LogP contribution in [0.3, 0.4) is 0 Å². The van der Waals surface area contributed by atoms with Crippen molar-refractivity contribution in [3.05, 3.63) is 121 Å². The van der Waals surface area contributed by atoms with E-state index in [-0.39, 0.29) is 0 Å². The van der Waals surface area contributed by atoms with Crippen LogP contribution in [-0.2, 0) is 0 Å². The lowest BCUT2D eigenvalue weighted by Crippen LogP contribution is -1.91. The van der Waals surface area contributed by atoms with Crippen LogP contribution in [0.5, 0.6) is 0 Å². The van der Waals surface area contributed by atoms with Crippen LogP contribution in [0.1, 0.15) is 0 Å². The van der Waals surface area contributed by atoms with Crippen LogP contribution in [0, 0.1) is 0 Å². The summed E-state index contributed by atoms with van der Waals surface area (Å²) in [5.41, 5.74) is 5.48. The molecule has 2 heteroatoms. The largest absolute Gasteiger partial charge is 0.237 e. The highest BCUT2D eigenvalue weighted by Crippen LogP contribution is 2.35. The summed E-state index contributed by atoms with van der Waals surface area (Å²) in [7, 11) is 0. The third-order valence-electron chi connectivity index (χ3n) is 5.95. The van der Waals surface area contributed by atoms with Gasteiger partial charge in [0.25, 0.3) is 0 Å². The van der Waals surface area contributed by atoms with Crippen molar-refractivity contribution in [1.82, 2.24) is 9.97 Å². The van der Waals surface area contributed by atoms with E-state index in [0.717, 1.165) is 22.6 Å². The molecule has 0 saturated heterocycles. The van der Waals surface area contributed by atoms with E-state index in [1.54, 1.807) is 0 Å². The van der Waals surface area contributed by atoms with Gasteiger partial charge in [-0.25, -0.2) is 9.97 Å². The molecule has 0 aliphatic carbocycles. The molecule has 0 N–H and O–H groups in total. The van der Waals surface area contributed by atoms with Gasteiger partial charge in [0.05, 0.1) is 5.69 Å². The smallest absolute Gasteiger partial charge is 0.159 e. The second-order valence-electron chi connectivity index (χ2n) is 7.90. The summed E-state index contributed by atoms with van der Waals surface area (Å²) in [5.74, 6) is 0.743. The Bertz CT molecular complexity index is 1550. The summed E-state index contributed by atoms with van der Waals surface area (Å²) in [5, 5.41) is 5.10. The second kappa shape index (κ2) is 7.75. The Labute approximate surface area is 186 Å². The van der Waals surface area contributed by atoms with Gasteiger partial charge in [0.15, 0.2) is 5.82 Å². The minimum Gasteiger partial charge on any atom is -0.237 e. The minimum absolute atomic E-state index is 0.743. The first kappa shape index (κ1) is 18.5. The minimum atomic E-state index is 0.743. The molecule has 150 valence electrons. The molecular formula is C30H20N2. The molecule has 6 rings (SSSR count). The number of aromatic nitrogens is 2. The zero-order valence-electron chi connectivity index (χ0n) is 17.4. The van der Waals surface area contributed by atoms with E-state index < -0.39 is 0 Å². The van der Waals surface area contributed by atoms with Crippen LogP contribution in [0.25, 0.3) is 55.3 Å². The van der Waals surface area contributed by atoms with Crippen molar-refractivity contribution in [2.75, 3.05) is 0 Å². The standard InChI is InChI=1S/C30H20N2/c1-2-8-23(9-3-1)30-31-19-18-29(32-30)22-16-14-21(15-17-22)28-20-24-10-4-5-11-25(24)26-12-6-7-13-27(26)28/h1-20H. The van der Waals surface area contributed by atoms with Crippen molar-refractivity contribution < 1.29 is 0 Å². The Balaban J connectivity index is 1.44. The maximum atomic E-state index is 4.80. The molecule has 0 bridgehead atoms. The quantitative estimate of drug-likeness (QED) is 0.279. The molecule has 0 spiro atoms. The third kappa shape index (κ3) is 3.23. The molecule has 2 nitrogen and oxygen atoms in total. The second-order valence-corrected chi connectivity index (χ2v) is 7.90. The van der Waals surface area contributed by atoms with Gasteiger partial charge in [0.1, 0.15) is 0 Å². The first-order chi connectivity index (χ1) is 15.9. The highest BCUT2D eigenvalue weighted by atomic mass is 14.9. The van der Waals surface area contributed by atoms with Gasteiger partial charge in [-0.15, -0.1) is 0 Å². The number of fused-ring (bicyclic) bond motifs is 3. The maximum Gasteiger partial charge on any atom is 0.159 e. The van der Waals surface area contributed by atoms with Gasteiger partial charge in [-0.2, -0.15) is 0 Å². The highest BCUT2D eigenvalue weighted by Gasteiger charge is 2.09. The summed E-state index contributed by atoms with van der Waals surface area (Å²) in [6, 6.07) is 40.3. The van der Waals surface area contributed by atoms with Crippen LogP contribution >= 0.6 is 0 Å². The van der Waals surface area contributed by atoms with Crippen LogP contribution in [0.2, 0.25) is 0 Å². The fourth-order valence-corrected chi connectivity index (χ4v) is 4.36. The summed E-state index contributed by atoms with van der Waals surface area (Å²) < 4.78 is 0. The van der Waals surface area contributed by atoms with E-state index in [1.807, 2.05) is 42.6 Å². The van der Waals surface area contributed by atoms with Crippen LogP contribution < -0.4 is 0 Å². The predicted molar refractivity (Wildman–Crippen MR) is 133 cm³/mol. The Morgan fingerprint density at radius 2 is 1.12 bits per heavy atom. The lowest BCUT2D eigenvalue weighted by atomic mass is 9.93. The molecule has 0 atom stereocenters. The maximum absolute atomic E-state index is 4.80. The summed E-state index contributed by atoms with van der Waals surface area (Å²) in [4.78, 5) is 9.25. The lowest BCUT2D eigenvalue weighted by molar-refractivity contribution is 1.18. The summed E-state index contributed by atoms with van der Waals surface area (Å²) in [6.07, 6.45) is 1.83. The molecule has 6 aromatic rings. The van der Waals surface area contributed by atoms with E-state index in [0.29, 0.717) is 0 Å². The van der Waals surface area contributed by atoms with Gasteiger partial charge in [0, 0.05) is 17.3 Å². The number of hydrogen-bond acceptors (Lipinski definition) is 2. The third-order valence-corrected chi connectivity index (χ3v) is 5.95. The molecule has 0 radical (unpaired) electrons.